The number of hydrogen-bond acceptors (Lipinski definition) is 6. The molecule has 0 aliphatic carbocycles. The highest BCUT2D eigenvalue weighted by molar-refractivity contribution is 6.30. The molecule has 0 saturated heterocycles. The van der Waals surface area contributed by atoms with E-state index in [0.29, 0.717) is 23.9 Å². The fraction of sp³-hybridized carbons (Fsp3) is 0.562. The van der Waals surface area contributed by atoms with Gasteiger partial charge in [0, 0.05) is 12.6 Å². The molecule has 1 aliphatic heterocycles. The van der Waals surface area contributed by atoms with Crippen LogP contribution in [0.3, 0.4) is 0 Å². The summed E-state index contributed by atoms with van der Waals surface area (Å²) in [7, 11) is 0. The topological polar surface area (TPSA) is 82.0 Å². The average Bonchev–Trinajstić information content (AvgIpc) is 2.92. The van der Waals surface area contributed by atoms with Gasteiger partial charge in [-0.1, -0.05) is 16.8 Å². The van der Waals surface area contributed by atoms with Gasteiger partial charge in [-0.3, -0.25) is 0 Å². The highest BCUT2D eigenvalue weighted by Crippen LogP contribution is 2.23. The van der Waals surface area contributed by atoms with Crippen LogP contribution in [0.1, 0.15) is 32.8 Å². The molecule has 7 nitrogen and oxygen atoms in total. The first-order chi connectivity index (χ1) is 11.2. The van der Waals surface area contributed by atoms with E-state index in [1.807, 2.05) is 13.0 Å². The zero-order valence-corrected chi connectivity index (χ0v) is 15.0. The Hall–Kier alpha value is -2.02. The number of nitrogens with one attached hydrogen (secondary N) is 1. The number of amides is 1. The number of nitrogens with zero attached hydrogens (tertiary/aromatic N) is 2. The molecule has 8 heteroatoms. The third-order valence-corrected chi connectivity index (χ3v) is 3.28. The Bertz CT molecular complexity index is 628. The molecule has 2 rings (SSSR count). The van der Waals surface area contributed by atoms with Gasteiger partial charge in [0.2, 0.25) is 0 Å². The van der Waals surface area contributed by atoms with Gasteiger partial charge in [-0.05, 0) is 39.3 Å². The summed E-state index contributed by atoms with van der Waals surface area (Å²) < 4.78 is 10.8. The van der Waals surface area contributed by atoms with Gasteiger partial charge >= 0.3 is 6.09 Å². The summed E-state index contributed by atoms with van der Waals surface area (Å²) in [5.74, 6) is 0.514. The predicted molar refractivity (Wildman–Crippen MR) is 90.6 cm³/mol. The van der Waals surface area contributed by atoms with Crippen LogP contribution in [-0.4, -0.2) is 41.6 Å². The highest BCUT2D eigenvalue weighted by Gasteiger charge is 2.23. The number of carbonyl (C=O) groups excluding carboxylic acids is 1. The molecule has 0 spiro atoms. The second kappa shape index (κ2) is 7.70. The fourth-order valence-corrected chi connectivity index (χ4v) is 2.14. The standard InChI is InChI=1S/C16H22ClN3O4/c1-10-5-13(14(17)18-7-10)22-9-12-6-11(20-24-12)8-19-15(21)23-16(2,3)4/h5,7,12H,6,8-9H2,1-4H3,(H,19,21). The van der Waals surface area contributed by atoms with Crippen LogP contribution in [0.25, 0.3) is 0 Å². The molecule has 1 aliphatic rings. The van der Waals surface area contributed by atoms with Gasteiger partial charge in [0.05, 0.1) is 12.3 Å². The lowest BCUT2D eigenvalue weighted by atomic mass is 10.2. The van der Waals surface area contributed by atoms with Gasteiger partial charge in [0.15, 0.2) is 17.0 Å². The molecule has 1 aromatic heterocycles. The molecular weight excluding hydrogens is 334 g/mol. The van der Waals surface area contributed by atoms with E-state index < -0.39 is 11.7 Å². The third kappa shape index (κ3) is 5.88. The lowest BCUT2D eigenvalue weighted by Gasteiger charge is -2.19. The summed E-state index contributed by atoms with van der Waals surface area (Å²) in [6, 6.07) is 1.82. The molecule has 0 aromatic carbocycles. The first-order valence-corrected chi connectivity index (χ1v) is 8.04. The smallest absolute Gasteiger partial charge is 0.407 e. The van der Waals surface area contributed by atoms with Crippen LogP contribution in [0, 0.1) is 6.92 Å². The van der Waals surface area contributed by atoms with Gasteiger partial charge in [-0.2, -0.15) is 0 Å². The number of pyridine rings is 1. The van der Waals surface area contributed by atoms with E-state index in [-0.39, 0.29) is 12.6 Å². The van der Waals surface area contributed by atoms with Crippen LogP contribution in [0.2, 0.25) is 5.15 Å². The van der Waals surface area contributed by atoms with Crippen LogP contribution in [0.5, 0.6) is 5.75 Å². The molecule has 1 N–H and O–H groups in total. The minimum absolute atomic E-state index is 0.225. The first kappa shape index (κ1) is 18.3. The number of hydrogen-bond donors (Lipinski definition) is 1. The fourth-order valence-electron chi connectivity index (χ4n) is 1.98. The third-order valence-electron chi connectivity index (χ3n) is 3.00. The molecule has 2 heterocycles. The number of oxime groups is 1. The maximum Gasteiger partial charge on any atom is 0.407 e. The Balaban J connectivity index is 1.73. The van der Waals surface area contributed by atoms with Crippen LogP contribution in [0.15, 0.2) is 17.4 Å². The second-order valence-electron chi connectivity index (χ2n) is 6.56. The zero-order chi connectivity index (χ0) is 17.7. The summed E-state index contributed by atoms with van der Waals surface area (Å²) in [4.78, 5) is 20.9. The molecule has 1 atom stereocenters. The van der Waals surface area contributed by atoms with E-state index in [9.17, 15) is 4.79 Å². The summed E-state index contributed by atoms with van der Waals surface area (Å²) in [6.45, 7) is 7.90. The number of aryl methyl sites for hydroxylation is 1. The molecular formula is C16H22ClN3O4. The number of halogens is 1. The molecule has 0 saturated carbocycles. The lowest BCUT2D eigenvalue weighted by molar-refractivity contribution is 0.0470. The summed E-state index contributed by atoms with van der Waals surface area (Å²) in [5.41, 5.74) is 1.15. The molecule has 0 fully saturated rings. The van der Waals surface area contributed by atoms with Gasteiger partial charge in [-0.25, -0.2) is 9.78 Å². The SMILES string of the molecule is Cc1cnc(Cl)c(OCC2CC(CNC(=O)OC(C)(C)C)=NO2)c1. The Kier molecular flexibility index (Phi) is 5.88. The van der Waals surface area contributed by atoms with Crippen LogP contribution >= 0.6 is 11.6 Å². The van der Waals surface area contributed by atoms with Gasteiger partial charge in [0.25, 0.3) is 0 Å². The summed E-state index contributed by atoms with van der Waals surface area (Å²) in [5, 5.41) is 6.92. The van der Waals surface area contributed by atoms with Crippen molar-refractivity contribution < 1.29 is 19.1 Å². The number of ether oxygens (including phenoxy) is 2. The van der Waals surface area contributed by atoms with Crippen molar-refractivity contribution >= 4 is 23.4 Å². The Morgan fingerprint density at radius 1 is 1.50 bits per heavy atom. The van der Waals surface area contributed by atoms with Crippen molar-refractivity contribution in [3.8, 4) is 5.75 Å². The van der Waals surface area contributed by atoms with Gasteiger partial charge in [0.1, 0.15) is 12.2 Å². The molecule has 1 unspecified atom stereocenters. The van der Waals surface area contributed by atoms with E-state index in [2.05, 4.69) is 15.5 Å². The molecule has 1 aromatic rings. The number of rotatable bonds is 5. The van der Waals surface area contributed by atoms with Gasteiger partial charge < -0.3 is 19.6 Å². The number of carbonyl (C=O) groups is 1. The highest BCUT2D eigenvalue weighted by atomic mass is 35.5. The van der Waals surface area contributed by atoms with Crippen molar-refractivity contribution in [2.45, 2.75) is 45.8 Å². The molecule has 0 radical (unpaired) electrons. The van der Waals surface area contributed by atoms with E-state index in [1.165, 1.54) is 0 Å². The van der Waals surface area contributed by atoms with Crippen molar-refractivity contribution in [1.82, 2.24) is 10.3 Å². The van der Waals surface area contributed by atoms with Crippen LogP contribution in [-0.2, 0) is 9.57 Å². The van der Waals surface area contributed by atoms with Crippen LogP contribution in [0.4, 0.5) is 4.79 Å². The summed E-state index contributed by atoms with van der Waals surface area (Å²) in [6.07, 6.45) is 1.52. The van der Waals surface area contributed by atoms with Crippen molar-refractivity contribution in [1.29, 1.82) is 0 Å². The minimum atomic E-state index is -0.532. The van der Waals surface area contributed by atoms with Crippen molar-refractivity contribution in [2.24, 2.45) is 5.16 Å². The monoisotopic (exact) mass is 355 g/mol. The van der Waals surface area contributed by atoms with Crippen molar-refractivity contribution in [3.05, 3.63) is 23.0 Å². The zero-order valence-electron chi connectivity index (χ0n) is 14.3. The molecule has 0 bridgehead atoms. The van der Waals surface area contributed by atoms with Crippen molar-refractivity contribution in [3.63, 3.8) is 0 Å². The molecule has 24 heavy (non-hydrogen) atoms. The second-order valence-corrected chi connectivity index (χ2v) is 6.92. The predicted octanol–water partition coefficient (Wildman–Crippen LogP) is 3.09. The average molecular weight is 356 g/mol. The maximum atomic E-state index is 11.6. The van der Waals surface area contributed by atoms with Crippen LogP contribution < -0.4 is 10.1 Å². The maximum absolute atomic E-state index is 11.6. The first-order valence-electron chi connectivity index (χ1n) is 7.66. The number of alkyl carbamates (subject to hydrolysis) is 1. The van der Waals surface area contributed by atoms with E-state index in [0.717, 1.165) is 11.3 Å². The van der Waals surface area contributed by atoms with E-state index in [4.69, 9.17) is 25.9 Å². The molecule has 1 amide bonds. The Morgan fingerprint density at radius 2 is 2.25 bits per heavy atom. The largest absolute Gasteiger partial charge is 0.486 e. The van der Waals surface area contributed by atoms with E-state index in [1.54, 1.807) is 27.0 Å². The van der Waals surface area contributed by atoms with Crippen molar-refractivity contribution in [2.75, 3.05) is 13.2 Å². The number of aromatic nitrogens is 1. The quantitative estimate of drug-likeness (QED) is 0.821. The summed E-state index contributed by atoms with van der Waals surface area (Å²) >= 11 is 5.98. The minimum Gasteiger partial charge on any atom is -0.486 e. The molecule has 132 valence electrons. The Morgan fingerprint density at radius 3 is 2.96 bits per heavy atom. The normalized spacial score (nSPS) is 17.0. The van der Waals surface area contributed by atoms with E-state index >= 15 is 0 Å². The Labute approximate surface area is 146 Å². The lowest BCUT2D eigenvalue weighted by Crippen LogP contribution is -2.35. The van der Waals surface area contributed by atoms with Gasteiger partial charge in [-0.15, -0.1) is 0 Å².